The highest BCUT2D eigenvalue weighted by Crippen LogP contribution is 2.26. The maximum Gasteiger partial charge on any atom is 0.288 e. The van der Waals surface area contributed by atoms with Crippen LogP contribution in [0.25, 0.3) is 0 Å². The summed E-state index contributed by atoms with van der Waals surface area (Å²) in [4.78, 5) is 10.4. The molecule has 0 atom stereocenters. The second-order valence-corrected chi connectivity index (χ2v) is 5.92. The number of hydrogen-bond donors (Lipinski definition) is 1. The Labute approximate surface area is 124 Å². The fourth-order valence-electron chi connectivity index (χ4n) is 2.82. The van der Waals surface area contributed by atoms with Gasteiger partial charge in [0.25, 0.3) is 5.69 Å². The van der Waals surface area contributed by atoms with E-state index in [2.05, 4.69) is 5.32 Å². The molecule has 110 valence electrons. The molecule has 1 N–H and O–H groups in total. The predicted molar refractivity (Wildman–Crippen MR) is 81.0 cm³/mol. The van der Waals surface area contributed by atoms with Gasteiger partial charge in [-0.15, -0.1) is 0 Å². The average Bonchev–Trinajstić information content (AvgIpc) is 2.46. The summed E-state index contributed by atoms with van der Waals surface area (Å²) in [6.45, 7) is 1.63. The van der Waals surface area contributed by atoms with Crippen molar-refractivity contribution < 1.29 is 4.92 Å². The first-order valence-corrected chi connectivity index (χ1v) is 7.68. The quantitative estimate of drug-likeness (QED) is 0.483. The minimum Gasteiger partial charge on any atom is -0.313 e. The summed E-state index contributed by atoms with van der Waals surface area (Å²) < 4.78 is 0. The van der Waals surface area contributed by atoms with Crippen LogP contribution in [0, 0.1) is 16.0 Å². The third-order valence-electron chi connectivity index (χ3n) is 3.99. The molecule has 1 aromatic carbocycles. The lowest BCUT2D eigenvalue weighted by Crippen LogP contribution is -2.19. The van der Waals surface area contributed by atoms with E-state index in [4.69, 9.17) is 11.6 Å². The molecule has 0 radical (unpaired) electrons. The minimum absolute atomic E-state index is 0.0155. The Morgan fingerprint density at radius 2 is 2.05 bits per heavy atom. The predicted octanol–water partition coefficient (Wildman–Crippen LogP) is 4.31. The third-order valence-corrected chi connectivity index (χ3v) is 4.31. The van der Waals surface area contributed by atoms with Crippen LogP contribution >= 0.6 is 11.6 Å². The van der Waals surface area contributed by atoms with Gasteiger partial charge in [0.1, 0.15) is 5.02 Å². The van der Waals surface area contributed by atoms with Crippen molar-refractivity contribution in [1.82, 2.24) is 5.32 Å². The lowest BCUT2D eigenvalue weighted by atomic mass is 9.87. The van der Waals surface area contributed by atoms with E-state index in [1.807, 2.05) is 6.07 Å². The molecular weight excluding hydrogens is 276 g/mol. The van der Waals surface area contributed by atoms with Gasteiger partial charge in [-0.1, -0.05) is 49.8 Å². The number of benzene rings is 1. The van der Waals surface area contributed by atoms with Crippen LogP contribution in [0.2, 0.25) is 5.02 Å². The summed E-state index contributed by atoms with van der Waals surface area (Å²) in [5.74, 6) is 0.857. The van der Waals surface area contributed by atoms with Crippen molar-refractivity contribution in [2.45, 2.75) is 45.1 Å². The van der Waals surface area contributed by atoms with Crippen LogP contribution < -0.4 is 5.32 Å². The number of halogens is 1. The Balaban J connectivity index is 1.76. The zero-order chi connectivity index (χ0) is 14.4. The lowest BCUT2D eigenvalue weighted by molar-refractivity contribution is -0.384. The van der Waals surface area contributed by atoms with Crippen molar-refractivity contribution in [3.05, 3.63) is 38.9 Å². The highest BCUT2D eigenvalue weighted by Gasteiger charge is 2.14. The van der Waals surface area contributed by atoms with Crippen LogP contribution in [0.5, 0.6) is 0 Å². The number of nitro groups is 1. The van der Waals surface area contributed by atoms with Crippen LogP contribution in [0.3, 0.4) is 0 Å². The molecule has 1 aliphatic carbocycles. The largest absolute Gasteiger partial charge is 0.313 e. The second-order valence-electron chi connectivity index (χ2n) is 5.51. The molecule has 0 aromatic heterocycles. The summed E-state index contributed by atoms with van der Waals surface area (Å²) in [5.41, 5.74) is 0.892. The van der Waals surface area contributed by atoms with Crippen molar-refractivity contribution in [3.8, 4) is 0 Å². The molecule has 2 rings (SSSR count). The van der Waals surface area contributed by atoms with Crippen LogP contribution in [-0.2, 0) is 6.54 Å². The molecule has 1 aliphatic rings. The second kappa shape index (κ2) is 7.60. The number of nitro benzene ring substituents is 1. The molecule has 0 amide bonds. The van der Waals surface area contributed by atoms with Gasteiger partial charge in [-0.3, -0.25) is 10.1 Å². The number of nitrogens with one attached hydrogen (secondary N) is 1. The first kappa shape index (κ1) is 15.3. The fourth-order valence-corrected chi connectivity index (χ4v) is 3.01. The molecule has 0 spiro atoms. The Hall–Kier alpha value is -1.13. The Morgan fingerprint density at radius 1 is 1.30 bits per heavy atom. The summed E-state index contributed by atoms with van der Waals surface area (Å²) >= 11 is 5.79. The van der Waals surface area contributed by atoms with E-state index in [-0.39, 0.29) is 10.7 Å². The molecule has 5 heteroatoms. The molecule has 1 saturated carbocycles. The molecule has 20 heavy (non-hydrogen) atoms. The van der Waals surface area contributed by atoms with Crippen LogP contribution in [0.4, 0.5) is 5.69 Å². The zero-order valence-electron chi connectivity index (χ0n) is 11.6. The van der Waals surface area contributed by atoms with E-state index in [0.717, 1.165) is 18.0 Å². The summed E-state index contributed by atoms with van der Waals surface area (Å²) in [6, 6.07) is 4.98. The molecule has 0 heterocycles. The normalized spacial score (nSPS) is 16.2. The van der Waals surface area contributed by atoms with Gasteiger partial charge >= 0.3 is 0 Å². The summed E-state index contributed by atoms with van der Waals surface area (Å²) in [6.07, 6.45) is 8.04. The van der Waals surface area contributed by atoms with E-state index < -0.39 is 4.92 Å². The zero-order valence-corrected chi connectivity index (χ0v) is 12.4. The summed E-state index contributed by atoms with van der Waals surface area (Å²) in [7, 11) is 0. The van der Waals surface area contributed by atoms with Gasteiger partial charge in [-0.25, -0.2) is 0 Å². The van der Waals surface area contributed by atoms with Gasteiger partial charge in [0.05, 0.1) is 4.92 Å². The van der Waals surface area contributed by atoms with Gasteiger partial charge in [0, 0.05) is 12.6 Å². The van der Waals surface area contributed by atoms with Crippen molar-refractivity contribution in [2.24, 2.45) is 5.92 Å². The fraction of sp³-hybridized carbons (Fsp3) is 0.600. The third kappa shape index (κ3) is 4.46. The van der Waals surface area contributed by atoms with Gasteiger partial charge < -0.3 is 5.32 Å². The summed E-state index contributed by atoms with van der Waals surface area (Å²) in [5, 5.41) is 14.4. The highest BCUT2D eigenvalue weighted by molar-refractivity contribution is 6.32. The van der Waals surface area contributed by atoms with Gasteiger partial charge in [-0.05, 0) is 30.5 Å². The topological polar surface area (TPSA) is 55.2 Å². The van der Waals surface area contributed by atoms with E-state index in [1.165, 1.54) is 38.5 Å². The minimum atomic E-state index is -0.437. The van der Waals surface area contributed by atoms with Crippen LogP contribution in [-0.4, -0.2) is 11.5 Å². The average molecular weight is 297 g/mol. The lowest BCUT2D eigenvalue weighted by Gasteiger charge is -2.21. The smallest absolute Gasteiger partial charge is 0.288 e. The molecule has 0 aliphatic heterocycles. The maximum atomic E-state index is 10.8. The standard InChI is InChI=1S/C15H21ClN2O2/c16-14-7-6-13(10-15(14)18(19)20)11-17-9-8-12-4-2-1-3-5-12/h6-7,10,12,17H,1-5,8-9,11H2. The molecule has 0 unspecified atom stereocenters. The first-order chi connectivity index (χ1) is 9.66. The monoisotopic (exact) mass is 296 g/mol. The SMILES string of the molecule is O=[N+]([O-])c1cc(CNCCC2CCCCC2)ccc1Cl. The van der Waals surface area contributed by atoms with Crippen molar-refractivity contribution in [3.63, 3.8) is 0 Å². The number of rotatable bonds is 6. The van der Waals surface area contributed by atoms with E-state index in [9.17, 15) is 10.1 Å². The van der Waals surface area contributed by atoms with Gasteiger partial charge in [-0.2, -0.15) is 0 Å². The van der Waals surface area contributed by atoms with Crippen molar-refractivity contribution >= 4 is 17.3 Å². The molecule has 4 nitrogen and oxygen atoms in total. The Bertz CT molecular complexity index is 459. The van der Waals surface area contributed by atoms with Gasteiger partial charge in [0.15, 0.2) is 0 Å². The first-order valence-electron chi connectivity index (χ1n) is 7.30. The van der Waals surface area contributed by atoms with Crippen LogP contribution in [0.1, 0.15) is 44.1 Å². The van der Waals surface area contributed by atoms with E-state index >= 15 is 0 Å². The van der Waals surface area contributed by atoms with E-state index in [1.54, 1.807) is 12.1 Å². The number of nitrogens with zero attached hydrogens (tertiary/aromatic N) is 1. The Kier molecular flexibility index (Phi) is 5.80. The molecular formula is C15H21ClN2O2. The van der Waals surface area contributed by atoms with Gasteiger partial charge in [0.2, 0.25) is 0 Å². The molecule has 1 aromatic rings. The molecule has 0 saturated heterocycles. The Morgan fingerprint density at radius 3 is 2.75 bits per heavy atom. The van der Waals surface area contributed by atoms with E-state index in [0.29, 0.717) is 6.54 Å². The molecule has 1 fully saturated rings. The maximum absolute atomic E-state index is 10.8. The molecule has 0 bridgehead atoms. The van der Waals surface area contributed by atoms with Crippen molar-refractivity contribution in [2.75, 3.05) is 6.54 Å². The highest BCUT2D eigenvalue weighted by atomic mass is 35.5. The van der Waals surface area contributed by atoms with Crippen LogP contribution in [0.15, 0.2) is 18.2 Å². The van der Waals surface area contributed by atoms with Crippen molar-refractivity contribution in [1.29, 1.82) is 0 Å². The number of hydrogen-bond acceptors (Lipinski definition) is 3.